The maximum Gasteiger partial charge on any atom is 0.0576 e. The predicted molar refractivity (Wildman–Crippen MR) is 74.4 cm³/mol. The number of benzene rings is 1. The Labute approximate surface area is 104 Å². The van der Waals surface area contributed by atoms with Gasteiger partial charge in [0.05, 0.1) is 11.4 Å². The second-order valence-corrected chi connectivity index (χ2v) is 4.84. The summed E-state index contributed by atoms with van der Waals surface area (Å²) in [6.45, 7) is 8.92. The van der Waals surface area contributed by atoms with E-state index in [0.717, 1.165) is 37.6 Å². The van der Waals surface area contributed by atoms with Gasteiger partial charge in [0.2, 0.25) is 0 Å². The molecule has 0 radical (unpaired) electrons. The molecule has 0 aliphatic heterocycles. The lowest BCUT2D eigenvalue weighted by Crippen LogP contribution is -2.09. The highest BCUT2D eigenvalue weighted by Crippen LogP contribution is 2.19. The van der Waals surface area contributed by atoms with Crippen LogP contribution in [0, 0.1) is 12.8 Å². The lowest BCUT2D eigenvalue weighted by molar-refractivity contribution is 0.110. The van der Waals surface area contributed by atoms with Gasteiger partial charge >= 0.3 is 0 Å². The fourth-order valence-electron chi connectivity index (χ4n) is 1.54. The van der Waals surface area contributed by atoms with Gasteiger partial charge in [0.1, 0.15) is 0 Å². The lowest BCUT2D eigenvalue weighted by atomic mass is 10.2. The van der Waals surface area contributed by atoms with Crippen molar-refractivity contribution in [3.63, 3.8) is 0 Å². The van der Waals surface area contributed by atoms with Crippen LogP contribution in [0.5, 0.6) is 0 Å². The van der Waals surface area contributed by atoms with Crippen molar-refractivity contribution in [2.45, 2.75) is 27.2 Å². The summed E-state index contributed by atoms with van der Waals surface area (Å²) in [4.78, 5) is 0. The second-order valence-electron chi connectivity index (χ2n) is 4.84. The van der Waals surface area contributed by atoms with Crippen molar-refractivity contribution in [3.8, 4) is 0 Å². The van der Waals surface area contributed by atoms with Crippen LogP contribution in [-0.4, -0.2) is 19.8 Å². The maximum absolute atomic E-state index is 5.88. The summed E-state index contributed by atoms with van der Waals surface area (Å²) >= 11 is 0. The first-order chi connectivity index (χ1) is 8.09. The molecule has 0 fully saturated rings. The number of ether oxygens (including phenoxy) is 1. The number of hydrogen-bond donors (Lipinski definition) is 2. The van der Waals surface area contributed by atoms with Gasteiger partial charge in [-0.05, 0) is 37.0 Å². The molecule has 0 aromatic heterocycles. The van der Waals surface area contributed by atoms with Gasteiger partial charge in [0, 0.05) is 19.8 Å². The molecule has 3 heteroatoms. The summed E-state index contributed by atoms with van der Waals surface area (Å²) in [7, 11) is 0. The molecule has 1 rings (SSSR count). The number of rotatable bonds is 7. The Morgan fingerprint density at radius 2 is 2.12 bits per heavy atom. The molecule has 0 aliphatic rings. The molecule has 0 saturated carbocycles. The zero-order valence-electron chi connectivity index (χ0n) is 11.1. The molecule has 3 N–H and O–H groups in total. The number of hydrogen-bond acceptors (Lipinski definition) is 3. The molecule has 3 nitrogen and oxygen atoms in total. The van der Waals surface area contributed by atoms with E-state index in [1.165, 1.54) is 5.56 Å². The first kappa shape index (κ1) is 13.8. The van der Waals surface area contributed by atoms with E-state index in [1.807, 2.05) is 12.1 Å². The first-order valence-corrected chi connectivity index (χ1v) is 6.27. The highest BCUT2D eigenvalue weighted by atomic mass is 16.5. The van der Waals surface area contributed by atoms with Gasteiger partial charge in [-0.3, -0.25) is 0 Å². The van der Waals surface area contributed by atoms with Crippen LogP contribution in [0.2, 0.25) is 0 Å². The Kier molecular flexibility index (Phi) is 5.84. The summed E-state index contributed by atoms with van der Waals surface area (Å²) < 4.78 is 5.52. The highest BCUT2D eigenvalue weighted by molar-refractivity contribution is 5.66. The van der Waals surface area contributed by atoms with E-state index in [0.29, 0.717) is 5.92 Å². The summed E-state index contributed by atoms with van der Waals surface area (Å²) in [6, 6.07) is 6.03. The van der Waals surface area contributed by atoms with E-state index in [9.17, 15) is 0 Å². The third-order valence-corrected chi connectivity index (χ3v) is 2.44. The van der Waals surface area contributed by atoms with Gasteiger partial charge in [0.15, 0.2) is 0 Å². The predicted octanol–water partition coefficient (Wildman–Crippen LogP) is 3.05. The molecule has 1 aromatic rings. The minimum atomic E-state index is 0.607. The van der Waals surface area contributed by atoms with Gasteiger partial charge in [-0.25, -0.2) is 0 Å². The van der Waals surface area contributed by atoms with E-state index in [4.69, 9.17) is 10.5 Å². The summed E-state index contributed by atoms with van der Waals surface area (Å²) in [5, 5.41) is 3.34. The molecule has 0 bridgehead atoms. The maximum atomic E-state index is 5.88. The first-order valence-electron chi connectivity index (χ1n) is 6.27. The standard InChI is InChI=1S/C14H24N2O/c1-11(2)10-17-8-4-7-16-14-9-12(3)5-6-13(14)15/h5-6,9,11,16H,4,7-8,10,15H2,1-3H3. The minimum Gasteiger partial charge on any atom is -0.397 e. The SMILES string of the molecule is Cc1ccc(N)c(NCCCOCC(C)C)c1. The van der Waals surface area contributed by atoms with Crippen molar-refractivity contribution in [2.75, 3.05) is 30.8 Å². The molecule has 1 aromatic carbocycles. The van der Waals surface area contributed by atoms with Crippen molar-refractivity contribution in [1.29, 1.82) is 0 Å². The van der Waals surface area contributed by atoms with Crippen LogP contribution in [0.4, 0.5) is 11.4 Å². The van der Waals surface area contributed by atoms with Crippen molar-refractivity contribution < 1.29 is 4.74 Å². The normalized spacial score (nSPS) is 10.8. The Hall–Kier alpha value is -1.22. The Bertz CT molecular complexity index is 337. The van der Waals surface area contributed by atoms with Crippen molar-refractivity contribution in [2.24, 2.45) is 5.92 Å². The fourth-order valence-corrected chi connectivity index (χ4v) is 1.54. The Balaban J connectivity index is 2.20. The van der Waals surface area contributed by atoms with Crippen LogP contribution in [0.25, 0.3) is 0 Å². The van der Waals surface area contributed by atoms with Crippen LogP contribution >= 0.6 is 0 Å². The number of nitrogen functional groups attached to an aromatic ring is 1. The molecule has 0 amide bonds. The summed E-state index contributed by atoms with van der Waals surface area (Å²) in [5.41, 5.74) is 8.92. The molecule has 0 aliphatic carbocycles. The van der Waals surface area contributed by atoms with Gasteiger partial charge < -0.3 is 15.8 Å². The van der Waals surface area contributed by atoms with Gasteiger partial charge in [-0.2, -0.15) is 0 Å². The van der Waals surface area contributed by atoms with E-state index in [2.05, 4.69) is 32.2 Å². The molecular weight excluding hydrogens is 212 g/mol. The van der Waals surface area contributed by atoms with Gasteiger partial charge in [-0.15, -0.1) is 0 Å². The summed E-state index contributed by atoms with van der Waals surface area (Å²) in [5.74, 6) is 0.607. The molecule has 17 heavy (non-hydrogen) atoms. The topological polar surface area (TPSA) is 47.3 Å². The number of aryl methyl sites for hydroxylation is 1. The number of nitrogens with two attached hydrogens (primary N) is 1. The second kappa shape index (κ2) is 7.17. The van der Waals surface area contributed by atoms with Crippen LogP contribution in [0.3, 0.4) is 0 Å². The van der Waals surface area contributed by atoms with Crippen molar-refractivity contribution >= 4 is 11.4 Å². The Morgan fingerprint density at radius 1 is 1.35 bits per heavy atom. The zero-order chi connectivity index (χ0) is 12.7. The van der Waals surface area contributed by atoms with Crippen LogP contribution in [-0.2, 0) is 4.74 Å². The average Bonchev–Trinajstić information content (AvgIpc) is 2.27. The van der Waals surface area contributed by atoms with E-state index in [1.54, 1.807) is 0 Å². The third-order valence-electron chi connectivity index (χ3n) is 2.44. The molecule has 0 atom stereocenters. The molecule has 0 heterocycles. The number of nitrogens with one attached hydrogen (secondary N) is 1. The van der Waals surface area contributed by atoms with Crippen LogP contribution in [0.15, 0.2) is 18.2 Å². The average molecular weight is 236 g/mol. The monoisotopic (exact) mass is 236 g/mol. The largest absolute Gasteiger partial charge is 0.397 e. The highest BCUT2D eigenvalue weighted by Gasteiger charge is 1.98. The van der Waals surface area contributed by atoms with Crippen molar-refractivity contribution in [1.82, 2.24) is 0 Å². The van der Waals surface area contributed by atoms with Gasteiger partial charge in [0.25, 0.3) is 0 Å². The van der Waals surface area contributed by atoms with Gasteiger partial charge in [-0.1, -0.05) is 19.9 Å². The lowest BCUT2D eigenvalue weighted by Gasteiger charge is -2.11. The van der Waals surface area contributed by atoms with E-state index >= 15 is 0 Å². The minimum absolute atomic E-state index is 0.607. The molecule has 0 unspecified atom stereocenters. The zero-order valence-corrected chi connectivity index (χ0v) is 11.1. The summed E-state index contributed by atoms with van der Waals surface area (Å²) in [6.07, 6.45) is 1.00. The Morgan fingerprint density at radius 3 is 2.82 bits per heavy atom. The molecule has 0 spiro atoms. The quantitative estimate of drug-likeness (QED) is 0.565. The van der Waals surface area contributed by atoms with Crippen molar-refractivity contribution in [3.05, 3.63) is 23.8 Å². The third kappa shape index (κ3) is 5.59. The molecular formula is C14H24N2O. The van der Waals surface area contributed by atoms with Crippen LogP contribution in [0.1, 0.15) is 25.8 Å². The van der Waals surface area contributed by atoms with E-state index < -0.39 is 0 Å². The smallest absolute Gasteiger partial charge is 0.0576 e. The fraction of sp³-hybridized carbons (Fsp3) is 0.571. The number of anilines is 2. The molecule has 0 saturated heterocycles. The van der Waals surface area contributed by atoms with Crippen LogP contribution < -0.4 is 11.1 Å². The molecule has 96 valence electrons. The van der Waals surface area contributed by atoms with E-state index in [-0.39, 0.29) is 0 Å².